The van der Waals surface area contributed by atoms with Gasteiger partial charge >= 0.3 is 0 Å². The molecule has 5 heteroatoms. The number of ether oxygens (including phenoxy) is 1. The first kappa shape index (κ1) is 21.3. The molecule has 33 heavy (non-hydrogen) atoms. The van der Waals surface area contributed by atoms with Crippen molar-refractivity contribution in [2.45, 2.75) is 20.1 Å². The molecule has 5 nitrogen and oxygen atoms in total. The molecule has 0 saturated carbocycles. The molecule has 3 aromatic carbocycles. The van der Waals surface area contributed by atoms with Crippen molar-refractivity contribution in [3.8, 4) is 5.75 Å². The number of aryl methyl sites for hydroxylation is 1. The van der Waals surface area contributed by atoms with E-state index in [9.17, 15) is 4.79 Å². The van der Waals surface area contributed by atoms with E-state index < -0.39 is 0 Å². The van der Waals surface area contributed by atoms with E-state index >= 15 is 0 Å². The van der Waals surface area contributed by atoms with Crippen molar-refractivity contribution in [3.63, 3.8) is 0 Å². The number of benzene rings is 3. The third-order valence-electron chi connectivity index (χ3n) is 6.31. The lowest BCUT2D eigenvalue weighted by Crippen LogP contribution is -2.48. The summed E-state index contributed by atoms with van der Waals surface area (Å²) in [7, 11) is 0. The van der Waals surface area contributed by atoms with Crippen LogP contribution in [-0.2, 0) is 13.2 Å². The number of piperazine rings is 1. The second-order valence-electron chi connectivity index (χ2n) is 8.53. The van der Waals surface area contributed by atoms with Gasteiger partial charge in [0.2, 0.25) is 0 Å². The van der Waals surface area contributed by atoms with Crippen LogP contribution in [0.1, 0.15) is 27.4 Å². The van der Waals surface area contributed by atoms with Gasteiger partial charge < -0.3 is 14.1 Å². The molecule has 1 fully saturated rings. The molecule has 0 atom stereocenters. The normalized spacial score (nSPS) is 14.5. The van der Waals surface area contributed by atoms with Crippen molar-refractivity contribution in [2.24, 2.45) is 0 Å². The van der Waals surface area contributed by atoms with E-state index in [1.807, 2.05) is 41.3 Å². The maximum atomic E-state index is 13.0. The fourth-order valence-corrected chi connectivity index (χ4v) is 4.33. The van der Waals surface area contributed by atoms with Crippen LogP contribution in [0.5, 0.6) is 5.75 Å². The van der Waals surface area contributed by atoms with Crippen LogP contribution in [0.3, 0.4) is 0 Å². The highest BCUT2D eigenvalue weighted by Crippen LogP contribution is 2.26. The number of hydrogen-bond acceptors (Lipinski definition) is 4. The molecule has 0 spiro atoms. The van der Waals surface area contributed by atoms with E-state index in [-0.39, 0.29) is 12.5 Å². The Bertz CT molecular complexity index is 1250. The predicted molar refractivity (Wildman–Crippen MR) is 129 cm³/mol. The quantitative estimate of drug-likeness (QED) is 0.409. The lowest BCUT2D eigenvalue weighted by molar-refractivity contribution is 0.0594. The topological polar surface area (TPSA) is 45.9 Å². The Kier molecular flexibility index (Phi) is 6.13. The maximum absolute atomic E-state index is 13.0. The number of carbonyl (C=O) groups is 1. The molecule has 0 aliphatic carbocycles. The SMILES string of the molecule is Cc1ccccc1CN1CCN(C(=O)c2ccc(COc3cccc4ccccc34)o2)CC1. The van der Waals surface area contributed by atoms with Gasteiger partial charge in [0.25, 0.3) is 5.91 Å². The second kappa shape index (κ2) is 9.51. The molecule has 0 unspecified atom stereocenters. The second-order valence-corrected chi connectivity index (χ2v) is 8.53. The summed E-state index contributed by atoms with van der Waals surface area (Å²) in [5.41, 5.74) is 2.66. The van der Waals surface area contributed by atoms with Crippen molar-refractivity contribution in [3.05, 3.63) is 102 Å². The van der Waals surface area contributed by atoms with Crippen molar-refractivity contribution in [1.82, 2.24) is 9.80 Å². The smallest absolute Gasteiger partial charge is 0.289 e. The molecule has 5 rings (SSSR count). The molecule has 0 radical (unpaired) electrons. The summed E-state index contributed by atoms with van der Waals surface area (Å²) < 4.78 is 11.8. The predicted octanol–water partition coefficient (Wildman–Crippen LogP) is 5.28. The Morgan fingerprint density at radius 2 is 1.64 bits per heavy atom. The number of nitrogens with zero attached hydrogens (tertiary/aromatic N) is 2. The summed E-state index contributed by atoms with van der Waals surface area (Å²) in [5, 5.41) is 2.19. The third kappa shape index (κ3) is 4.78. The fourth-order valence-electron chi connectivity index (χ4n) is 4.33. The molecule has 168 valence electrons. The number of fused-ring (bicyclic) bond motifs is 1. The molecule has 1 aliphatic heterocycles. The zero-order valence-corrected chi connectivity index (χ0v) is 18.9. The zero-order valence-electron chi connectivity index (χ0n) is 18.9. The Labute approximate surface area is 194 Å². The first-order valence-corrected chi connectivity index (χ1v) is 11.4. The molecule has 1 amide bonds. The van der Waals surface area contributed by atoms with Gasteiger partial charge in [-0.2, -0.15) is 0 Å². The first-order chi connectivity index (χ1) is 16.2. The highest BCUT2D eigenvalue weighted by atomic mass is 16.5. The molecule has 1 aliphatic rings. The van der Waals surface area contributed by atoms with E-state index in [2.05, 4.69) is 48.2 Å². The van der Waals surface area contributed by atoms with Gasteiger partial charge in [-0.15, -0.1) is 0 Å². The number of hydrogen-bond donors (Lipinski definition) is 0. The largest absolute Gasteiger partial charge is 0.485 e. The highest BCUT2D eigenvalue weighted by molar-refractivity contribution is 5.91. The van der Waals surface area contributed by atoms with Crippen LogP contribution in [0.2, 0.25) is 0 Å². The summed E-state index contributed by atoms with van der Waals surface area (Å²) in [4.78, 5) is 17.2. The summed E-state index contributed by atoms with van der Waals surface area (Å²) in [5.74, 6) is 1.77. The van der Waals surface area contributed by atoms with E-state index in [1.54, 1.807) is 6.07 Å². The van der Waals surface area contributed by atoms with Gasteiger partial charge in [0.1, 0.15) is 18.1 Å². The van der Waals surface area contributed by atoms with Crippen LogP contribution in [0.4, 0.5) is 0 Å². The number of rotatable bonds is 6. The Morgan fingerprint density at radius 1 is 0.879 bits per heavy atom. The number of furan rings is 1. The Hall–Kier alpha value is -3.57. The minimum Gasteiger partial charge on any atom is -0.485 e. The van der Waals surface area contributed by atoms with Crippen LogP contribution >= 0.6 is 0 Å². The molecule has 1 aromatic heterocycles. The summed E-state index contributed by atoms with van der Waals surface area (Å²) in [6.07, 6.45) is 0. The van der Waals surface area contributed by atoms with Crippen LogP contribution < -0.4 is 4.74 Å². The minimum absolute atomic E-state index is 0.0537. The molecular formula is C28H28N2O3. The zero-order chi connectivity index (χ0) is 22.6. The van der Waals surface area contributed by atoms with Gasteiger partial charge in [-0.3, -0.25) is 9.69 Å². The molecular weight excluding hydrogens is 412 g/mol. The van der Waals surface area contributed by atoms with Gasteiger partial charge in [0.05, 0.1) is 0 Å². The lowest BCUT2D eigenvalue weighted by atomic mass is 10.1. The monoisotopic (exact) mass is 440 g/mol. The summed E-state index contributed by atoms with van der Waals surface area (Å²) >= 11 is 0. The average Bonchev–Trinajstić information content (AvgIpc) is 3.33. The summed E-state index contributed by atoms with van der Waals surface area (Å²) in [6, 6.07) is 26.2. The van der Waals surface area contributed by atoms with Crippen molar-refractivity contribution in [1.29, 1.82) is 0 Å². The van der Waals surface area contributed by atoms with E-state index in [0.717, 1.165) is 36.2 Å². The van der Waals surface area contributed by atoms with Crippen LogP contribution in [0, 0.1) is 6.92 Å². The maximum Gasteiger partial charge on any atom is 0.289 e. The van der Waals surface area contributed by atoms with E-state index in [0.29, 0.717) is 24.6 Å². The molecule has 0 N–H and O–H groups in total. The van der Waals surface area contributed by atoms with E-state index in [1.165, 1.54) is 11.1 Å². The molecule has 2 heterocycles. The van der Waals surface area contributed by atoms with Crippen LogP contribution in [0.25, 0.3) is 10.8 Å². The minimum atomic E-state index is -0.0537. The molecule has 1 saturated heterocycles. The Balaban J connectivity index is 1.16. The van der Waals surface area contributed by atoms with Gasteiger partial charge in [-0.25, -0.2) is 0 Å². The number of carbonyl (C=O) groups excluding carboxylic acids is 1. The first-order valence-electron chi connectivity index (χ1n) is 11.4. The molecule has 0 bridgehead atoms. The van der Waals surface area contributed by atoms with Gasteiger partial charge in [-0.1, -0.05) is 60.7 Å². The standard InChI is InChI=1S/C28H28N2O3/c1-21-7-2-3-9-23(21)19-29-15-17-30(18-16-29)28(31)27-14-13-24(33-27)20-32-26-12-6-10-22-8-4-5-11-25(22)26/h2-14H,15-20H2,1H3. The highest BCUT2D eigenvalue weighted by Gasteiger charge is 2.24. The molecule has 4 aromatic rings. The van der Waals surface area contributed by atoms with Crippen molar-refractivity contribution < 1.29 is 13.9 Å². The van der Waals surface area contributed by atoms with Gasteiger partial charge in [-0.05, 0) is 41.6 Å². The summed E-state index contributed by atoms with van der Waals surface area (Å²) in [6.45, 7) is 6.47. The van der Waals surface area contributed by atoms with Crippen molar-refractivity contribution in [2.75, 3.05) is 26.2 Å². The van der Waals surface area contributed by atoms with Gasteiger partial charge in [0.15, 0.2) is 5.76 Å². The average molecular weight is 441 g/mol. The van der Waals surface area contributed by atoms with Crippen LogP contribution in [0.15, 0.2) is 83.3 Å². The fraction of sp³-hybridized carbons (Fsp3) is 0.250. The van der Waals surface area contributed by atoms with Crippen LogP contribution in [-0.4, -0.2) is 41.9 Å². The Morgan fingerprint density at radius 3 is 2.48 bits per heavy atom. The van der Waals surface area contributed by atoms with E-state index in [4.69, 9.17) is 9.15 Å². The number of amides is 1. The lowest BCUT2D eigenvalue weighted by Gasteiger charge is -2.34. The third-order valence-corrected chi connectivity index (χ3v) is 6.31. The van der Waals surface area contributed by atoms with Crippen molar-refractivity contribution >= 4 is 16.7 Å². The van der Waals surface area contributed by atoms with Gasteiger partial charge in [0, 0.05) is 38.1 Å².